The number of aryl methyl sites for hydroxylation is 1. The van der Waals surface area contributed by atoms with Crippen LogP contribution in [0.1, 0.15) is 5.56 Å². The van der Waals surface area contributed by atoms with Crippen LogP contribution in [-0.2, 0) is 0 Å². The summed E-state index contributed by atoms with van der Waals surface area (Å²) in [7, 11) is 1.63. The molecule has 0 radical (unpaired) electrons. The van der Waals surface area contributed by atoms with E-state index in [0.717, 1.165) is 27.5 Å². The maximum Gasteiger partial charge on any atom is 0.221 e. The zero-order valence-electron chi connectivity index (χ0n) is 11.4. The Hall–Kier alpha value is -2.62. The summed E-state index contributed by atoms with van der Waals surface area (Å²) >= 11 is 0. The van der Waals surface area contributed by atoms with E-state index < -0.39 is 0 Å². The van der Waals surface area contributed by atoms with E-state index in [-0.39, 0.29) is 0 Å². The number of hydrogen-bond acceptors (Lipinski definition) is 4. The molecule has 2 heterocycles. The molecule has 0 aliphatic heterocycles. The van der Waals surface area contributed by atoms with E-state index in [0.29, 0.717) is 11.7 Å². The second-order valence-electron chi connectivity index (χ2n) is 4.68. The lowest BCUT2D eigenvalue weighted by atomic mass is 9.99. The van der Waals surface area contributed by atoms with Crippen molar-refractivity contribution in [1.29, 1.82) is 0 Å². The van der Waals surface area contributed by atoms with Crippen LogP contribution >= 0.6 is 0 Å². The number of fused-ring (bicyclic) bond motifs is 1. The summed E-state index contributed by atoms with van der Waals surface area (Å²) in [6, 6.07) is 10.0. The molecule has 0 bridgehead atoms. The van der Waals surface area contributed by atoms with Crippen molar-refractivity contribution < 1.29 is 4.74 Å². The summed E-state index contributed by atoms with van der Waals surface area (Å²) in [5, 5.41) is 2.11. The average molecular weight is 265 g/mol. The summed E-state index contributed by atoms with van der Waals surface area (Å²) in [5.41, 5.74) is 8.90. The average Bonchev–Trinajstić information content (AvgIpc) is 2.46. The zero-order chi connectivity index (χ0) is 14.1. The topological polar surface area (TPSA) is 61.0 Å². The van der Waals surface area contributed by atoms with Gasteiger partial charge in [0.2, 0.25) is 5.88 Å². The summed E-state index contributed by atoms with van der Waals surface area (Å²) in [4.78, 5) is 8.41. The van der Waals surface area contributed by atoms with E-state index in [9.17, 15) is 0 Å². The third kappa shape index (κ3) is 2.05. The summed E-state index contributed by atoms with van der Waals surface area (Å²) in [5.74, 6) is 1.16. The van der Waals surface area contributed by atoms with Gasteiger partial charge >= 0.3 is 0 Å². The second-order valence-corrected chi connectivity index (χ2v) is 4.68. The van der Waals surface area contributed by atoms with Crippen molar-refractivity contribution >= 4 is 16.6 Å². The van der Waals surface area contributed by atoms with Crippen LogP contribution in [0.4, 0.5) is 5.82 Å². The minimum atomic E-state index is 0.528. The fourth-order valence-corrected chi connectivity index (χ4v) is 2.35. The highest BCUT2D eigenvalue weighted by Crippen LogP contribution is 2.33. The lowest BCUT2D eigenvalue weighted by molar-refractivity contribution is 0.399. The van der Waals surface area contributed by atoms with Crippen molar-refractivity contribution in [2.24, 2.45) is 0 Å². The number of pyridine rings is 2. The molecule has 0 fully saturated rings. The number of nitrogens with zero attached hydrogens (tertiary/aromatic N) is 2. The van der Waals surface area contributed by atoms with E-state index in [1.807, 2.05) is 31.2 Å². The third-order valence-corrected chi connectivity index (χ3v) is 3.35. The standard InChI is InChI=1S/C16H15N3O/c1-10-5-6-18-16(20-2)15(10)12-4-3-11-8-14(17)19-9-13(11)7-12/h3-9H,1-2H3,(H2,17,19). The highest BCUT2D eigenvalue weighted by molar-refractivity contribution is 5.89. The number of benzene rings is 1. The van der Waals surface area contributed by atoms with Gasteiger partial charge in [-0.15, -0.1) is 0 Å². The monoisotopic (exact) mass is 265 g/mol. The SMILES string of the molecule is COc1nccc(C)c1-c1ccc2cc(N)ncc2c1. The van der Waals surface area contributed by atoms with Gasteiger partial charge in [-0.05, 0) is 41.6 Å². The maximum absolute atomic E-state index is 5.70. The van der Waals surface area contributed by atoms with Crippen molar-refractivity contribution in [3.63, 3.8) is 0 Å². The molecule has 100 valence electrons. The van der Waals surface area contributed by atoms with Gasteiger partial charge in [-0.25, -0.2) is 9.97 Å². The molecule has 0 saturated carbocycles. The van der Waals surface area contributed by atoms with Crippen LogP contribution < -0.4 is 10.5 Å². The van der Waals surface area contributed by atoms with Crippen LogP contribution in [0, 0.1) is 6.92 Å². The number of aromatic nitrogens is 2. The van der Waals surface area contributed by atoms with Gasteiger partial charge in [0.05, 0.1) is 7.11 Å². The molecule has 0 aliphatic rings. The Labute approximate surface area is 117 Å². The molecule has 2 aromatic heterocycles. The third-order valence-electron chi connectivity index (χ3n) is 3.35. The predicted octanol–water partition coefficient (Wildman–Crippen LogP) is 3.20. The summed E-state index contributed by atoms with van der Waals surface area (Å²) < 4.78 is 5.37. The molecule has 0 amide bonds. The largest absolute Gasteiger partial charge is 0.481 e. The van der Waals surface area contributed by atoms with Gasteiger partial charge in [-0.2, -0.15) is 0 Å². The van der Waals surface area contributed by atoms with Crippen LogP contribution in [0.2, 0.25) is 0 Å². The molecule has 0 unspecified atom stereocenters. The van der Waals surface area contributed by atoms with Crippen LogP contribution in [0.3, 0.4) is 0 Å². The van der Waals surface area contributed by atoms with E-state index in [2.05, 4.69) is 16.0 Å². The molecule has 0 saturated heterocycles. The Kier molecular flexibility index (Phi) is 2.99. The lowest BCUT2D eigenvalue weighted by Crippen LogP contribution is -1.94. The van der Waals surface area contributed by atoms with E-state index in [4.69, 9.17) is 10.5 Å². The number of nitrogens with two attached hydrogens (primary N) is 1. The van der Waals surface area contributed by atoms with E-state index in [1.165, 1.54) is 0 Å². The van der Waals surface area contributed by atoms with Gasteiger partial charge in [-0.3, -0.25) is 0 Å². The van der Waals surface area contributed by atoms with Crippen molar-refractivity contribution in [3.8, 4) is 17.0 Å². The van der Waals surface area contributed by atoms with Crippen molar-refractivity contribution in [1.82, 2.24) is 9.97 Å². The fraction of sp³-hybridized carbons (Fsp3) is 0.125. The molecule has 3 rings (SSSR count). The highest BCUT2D eigenvalue weighted by Gasteiger charge is 2.10. The minimum Gasteiger partial charge on any atom is -0.481 e. The normalized spacial score (nSPS) is 10.7. The predicted molar refractivity (Wildman–Crippen MR) is 80.7 cm³/mol. The Morgan fingerprint density at radius 2 is 1.90 bits per heavy atom. The molecule has 3 aromatic rings. The van der Waals surface area contributed by atoms with Crippen LogP contribution in [0.15, 0.2) is 42.7 Å². The number of nitrogen functional groups attached to an aromatic ring is 1. The second kappa shape index (κ2) is 4.81. The zero-order valence-corrected chi connectivity index (χ0v) is 11.4. The number of hydrogen-bond donors (Lipinski definition) is 1. The van der Waals surface area contributed by atoms with Gasteiger partial charge in [0, 0.05) is 23.3 Å². The van der Waals surface area contributed by atoms with Gasteiger partial charge in [0.1, 0.15) is 5.82 Å². The fourth-order valence-electron chi connectivity index (χ4n) is 2.35. The van der Waals surface area contributed by atoms with Crippen molar-refractivity contribution in [2.75, 3.05) is 12.8 Å². The van der Waals surface area contributed by atoms with Crippen LogP contribution in [0.25, 0.3) is 21.9 Å². The summed E-state index contributed by atoms with van der Waals surface area (Å²) in [6.45, 7) is 2.05. The Balaban J connectivity index is 2.22. The number of anilines is 1. The lowest BCUT2D eigenvalue weighted by Gasteiger charge is -2.11. The molecule has 0 atom stereocenters. The molecule has 0 aliphatic carbocycles. The Morgan fingerprint density at radius 1 is 1.05 bits per heavy atom. The number of methoxy groups -OCH3 is 1. The molecule has 2 N–H and O–H groups in total. The smallest absolute Gasteiger partial charge is 0.221 e. The summed E-state index contributed by atoms with van der Waals surface area (Å²) in [6.07, 6.45) is 3.54. The first-order valence-corrected chi connectivity index (χ1v) is 6.34. The maximum atomic E-state index is 5.70. The molecular formula is C16H15N3O. The Morgan fingerprint density at radius 3 is 2.70 bits per heavy atom. The first-order valence-electron chi connectivity index (χ1n) is 6.34. The molecule has 20 heavy (non-hydrogen) atoms. The first kappa shape index (κ1) is 12.4. The molecule has 4 heteroatoms. The number of rotatable bonds is 2. The van der Waals surface area contributed by atoms with Gasteiger partial charge < -0.3 is 10.5 Å². The Bertz CT molecular complexity index is 784. The molecule has 4 nitrogen and oxygen atoms in total. The first-order chi connectivity index (χ1) is 9.69. The molecular weight excluding hydrogens is 250 g/mol. The van der Waals surface area contributed by atoms with Gasteiger partial charge in [0.25, 0.3) is 0 Å². The van der Waals surface area contributed by atoms with E-state index >= 15 is 0 Å². The van der Waals surface area contributed by atoms with Gasteiger partial charge in [0.15, 0.2) is 0 Å². The molecule has 1 aromatic carbocycles. The van der Waals surface area contributed by atoms with Crippen molar-refractivity contribution in [2.45, 2.75) is 6.92 Å². The van der Waals surface area contributed by atoms with Crippen molar-refractivity contribution in [3.05, 3.63) is 48.3 Å². The highest BCUT2D eigenvalue weighted by atomic mass is 16.5. The van der Waals surface area contributed by atoms with Gasteiger partial charge in [-0.1, -0.05) is 12.1 Å². The van der Waals surface area contributed by atoms with Crippen LogP contribution in [0.5, 0.6) is 5.88 Å². The van der Waals surface area contributed by atoms with E-state index in [1.54, 1.807) is 19.5 Å². The quantitative estimate of drug-likeness (QED) is 0.773. The van der Waals surface area contributed by atoms with Crippen LogP contribution in [-0.4, -0.2) is 17.1 Å². The molecule has 0 spiro atoms. The minimum absolute atomic E-state index is 0.528. The number of ether oxygens (including phenoxy) is 1.